The highest BCUT2D eigenvalue weighted by Crippen LogP contribution is 2.29. The number of hydrogen-bond donors (Lipinski definition) is 2. The molecule has 6 heteroatoms. The van der Waals surface area contributed by atoms with Crippen molar-refractivity contribution < 1.29 is 15.0 Å². The molecule has 5 nitrogen and oxygen atoms in total. The third-order valence-corrected chi connectivity index (χ3v) is 2.76. The molecule has 1 aromatic heterocycles. The van der Waals surface area contributed by atoms with Crippen LogP contribution < -0.4 is 0 Å². The van der Waals surface area contributed by atoms with Crippen molar-refractivity contribution in [1.82, 2.24) is 4.98 Å². The molecule has 0 radical (unpaired) electrons. The summed E-state index contributed by atoms with van der Waals surface area (Å²) in [5.74, 6) is -1.37. The fraction of sp³-hybridized carbons (Fsp3) is 0. The molecule has 0 unspecified atom stereocenters. The standard InChI is InChI=1S/C13H7ClN2O3/c14-9-5-8(11(18)4-7(9)6-15)13(19)12-10(17)2-1-3-16-12/h1-5,17-18H. The van der Waals surface area contributed by atoms with Gasteiger partial charge >= 0.3 is 0 Å². The first kappa shape index (κ1) is 12.9. The molecule has 0 spiro atoms. The summed E-state index contributed by atoms with van der Waals surface area (Å²) in [5.41, 5.74) is -0.266. The van der Waals surface area contributed by atoms with Crippen molar-refractivity contribution in [2.75, 3.05) is 0 Å². The Balaban J connectivity index is 2.55. The van der Waals surface area contributed by atoms with E-state index in [0.717, 1.165) is 6.07 Å². The number of benzene rings is 1. The predicted octanol–water partition coefficient (Wildman–Crippen LogP) is 2.25. The minimum absolute atomic E-state index is 0.0408. The zero-order valence-electron chi connectivity index (χ0n) is 9.46. The van der Waals surface area contributed by atoms with Crippen molar-refractivity contribution >= 4 is 17.4 Å². The minimum atomic E-state index is -0.679. The first-order valence-electron chi connectivity index (χ1n) is 5.16. The zero-order valence-corrected chi connectivity index (χ0v) is 10.2. The average molecular weight is 275 g/mol. The number of phenols is 1. The van der Waals surface area contributed by atoms with Crippen molar-refractivity contribution in [2.24, 2.45) is 0 Å². The normalized spacial score (nSPS) is 9.89. The van der Waals surface area contributed by atoms with Gasteiger partial charge in [-0.1, -0.05) is 11.6 Å². The lowest BCUT2D eigenvalue weighted by molar-refractivity contribution is 0.102. The van der Waals surface area contributed by atoms with E-state index in [0.29, 0.717) is 0 Å². The Morgan fingerprint density at radius 2 is 2.05 bits per heavy atom. The third-order valence-electron chi connectivity index (χ3n) is 2.45. The number of halogens is 1. The Morgan fingerprint density at radius 3 is 2.68 bits per heavy atom. The van der Waals surface area contributed by atoms with Gasteiger partial charge in [0.25, 0.3) is 0 Å². The van der Waals surface area contributed by atoms with E-state index in [1.54, 1.807) is 6.07 Å². The van der Waals surface area contributed by atoms with Gasteiger partial charge in [-0.25, -0.2) is 4.98 Å². The van der Waals surface area contributed by atoms with Crippen LogP contribution in [-0.2, 0) is 0 Å². The van der Waals surface area contributed by atoms with E-state index in [4.69, 9.17) is 16.9 Å². The SMILES string of the molecule is N#Cc1cc(O)c(C(=O)c2ncccc2O)cc1Cl. The third kappa shape index (κ3) is 2.34. The van der Waals surface area contributed by atoms with E-state index in [-0.39, 0.29) is 27.6 Å². The fourth-order valence-electron chi connectivity index (χ4n) is 1.53. The minimum Gasteiger partial charge on any atom is -0.507 e. The van der Waals surface area contributed by atoms with E-state index in [1.165, 1.54) is 24.4 Å². The van der Waals surface area contributed by atoms with Crippen LogP contribution >= 0.6 is 11.6 Å². The summed E-state index contributed by atoms with van der Waals surface area (Å²) in [7, 11) is 0. The van der Waals surface area contributed by atoms with Crippen molar-refractivity contribution in [3.05, 3.63) is 52.3 Å². The highest BCUT2D eigenvalue weighted by atomic mass is 35.5. The van der Waals surface area contributed by atoms with Crippen LogP contribution in [0, 0.1) is 11.3 Å². The maximum Gasteiger partial charge on any atom is 0.218 e. The van der Waals surface area contributed by atoms with Gasteiger partial charge in [0.15, 0.2) is 5.69 Å². The molecule has 2 N–H and O–H groups in total. The van der Waals surface area contributed by atoms with Crippen LogP contribution in [0.15, 0.2) is 30.5 Å². The monoisotopic (exact) mass is 274 g/mol. The first-order chi connectivity index (χ1) is 9.04. The molecule has 2 rings (SSSR count). The van der Waals surface area contributed by atoms with E-state index in [1.807, 2.05) is 0 Å². The number of hydrogen-bond acceptors (Lipinski definition) is 5. The topological polar surface area (TPSA) is 94.2 Å². The molecule has 0 atom stereocenters. The van der Waals surface area contributed by atoms with Gasteiger partial charge in [0.2, 0.25) is 5.78 Å². The van der Waals surface area contributed by atoms with Gasteiger partial charge in [-0.05, 0) is 24.3 Å². The first-order valence-corrected chi connectivity index (χ1v) is 5.53. The molecule has 1 aromatic carbocycles. The van der Waals surface area contributed by atoms with Gasteiger partial charge in [-0.2, -0.15) is 5.26 Å². The highest BCUT2D eigenvalue weighted by Gasteiger charge is 2.20. The van der Waals surface area contributed by atoms with Crippen LogP contribution in [0.5, 0.6) is 11.5 Å². The van der Waals surface area contributed by atoms with Gasteiger partial charge in [-0.15, -0.1) is 0 Å². The Bertz CT molecular complexity index is 708. The summed E-state index contributed by atoms with van der Waals surface area (Å²) in [5, 5.41) is 28.1. The molecule has 0 aliphatic carbocycles. The van der Waals surface area contributed by atoms with Crippen LogP contribution in [0.1, 0.15) is 21.6 Å². The molecule has 0 aliphatic rings. The fourth-order valence-corrected chi connectivity index (χ4v) is 1.73. The lowest BCUT2D eigenvalue weighted by Gasteiger charge is -2.06. The Hall–Kier alpha value is -2.58. The van der Waals surface area contributed by atoms with Crippen molar-refractivity contribution in [1.29, 1.82) is 5.26 Å². The molecule has 0 saturated heterocycles. The maximum absolute atomic E-state index is 12.1. The van der Waals surface area contributed by atoms with Gasteiger partial charge in [0, 0.05) is 6.20 Å². The molecule has 19 heavy (non-hydrogen) atoms. The van der Waals surface area contributed by atoms with Crippen molar-refractivity contribution in [3.63, 3.8) is 0 Å². The van der Waals surface area contributed by atoms with Crippen LogP contribution in [-0.4, -0.2) is 21.0 Å². The number of pyridine rings is 1. The van der Waals surface area contributed by atoms with Crippen LogP contribution in [0.25, 0.3) is 0 Å². The molecule has 0 aliphatic heterocycles. The lowest BCUT2D eigenvalue weighted by atomic mass is 10.0. The van der Waals surface area contributed by atoms with Crippen LogP contribution in [0.4, 0.5) is 0 Å². The van der Waals surface area contributed by atoms with Gasteiger partial charge < -0.3 is 10.2 Å². The van der Waals surface area contributed by atoms with Crippen LogP contribution in [0.3, 0.4) is 0 Å². The highest BCUT2D eigenvalue weighted by molar-refractivity contribution is 6.32. The molecule has 94 valence electrons. The second kappa shape index (κ2) is 4.96. The quantitative estimate of drug-likeness (QED) is 0.819. The molecule has 0 amide bonds. The summed E-state index contributed by atoms with van der Waals surface area (Å²) in [6.45, 7) is 0. The predicted molar refractivity (Wildman–Crippen MR) is 67.2 cm³/mol. The number of nitriles is 1. The van der Waals surface area contributed by atoms with E-state index >= 15 is 0 Å². The van der Waals surface area contributed by atoms with E-state index in [2.05, 4.69) is 4.98 Å². The summed E-state index contributed by atoms with van der Waals surface area (Å²) in [4.78, 5) is 15.9. The molecule has 0 bridgehead atoms. The van der Waals surface area contributed by atoms with Gasteiger partial charge in [0.1, 0.15) is 17.6 Å². The summed E-state index contributed by atoms with van der Waals surface area (Å²) >= 11 is 5.80. The number of aromatic hydroxyl groups is 2. The van der Waals surface area contributed by atoms with Gasteiger partial charge in [0.05, 0.1) is 16.1 Å². The Labute approximate surface area is 113 Å². The number of carbonyl (C=O) groups is 1. The number of aromatic nitrogens is 1. The summed E-state index contributed by atoms with van der Waals surface area (Å²) in [6.07, 6.45) is 1.34. The second-order valence-electron chi connectivity index (χ2n) is 3.66. The van der Waals surface area contributed by atoms with E-state index in [9.17, 15) is 15.0 Å². The number of ketones is 1. The van der Waals surface area contributed by atoms with Gasteiger partial charge in [-0.3, -0.25) is 4.79 Å². The second-order valence-corrected chi connectivity index (χ2v) is 4.07. The molecule has 1 heterocycles. The smallest absolute Gasteiger partial charge is 0.218 e. The lowest BCUT2D eigenvalue weighted by Crippen LogP contribution is -2.05. The number of rotatable bonds is 2. The van der Waals surface area contributed by atoms with Crippen LogP contribution in [0.2, 0.25) is 5.02 Å². The zero-order chi connectivity index (χ0) is 14.0. The largest absolute Gasteiger partial charge is 0.507 e. The summed E-state index contributed by atoms with van der Waals surface area (Å²) < 4.78 is 0. The molecule has 0 saturated carbocycles. The summed E-state index contributed by atoms with van der Waals surface area (Å²) in [6, 6.07) is 6.83. The van der Waals surface area contributed by atoms with Crippen molar-refractivity contribution in [3.8, 4) is 17.6 Å². The molecule has 2 aromatic rings. The van der Waals surface area contributed by atoms with Crippen molar-refractivity contribution in [2.45, 2.75) is 0 Å². The Morgan fingerprint density at radius 1 is 1.32 bits per heavy atom. The average Bonchev–Trinajstić information content (AvgIpc) is 2.40. The molecular formula is C13H7ClN2O3. The molecular weight excluding hydrogens is 268 g/mol. The Kier molecular flexibility index (Phi) is 3.36. The molecule has 0 fully saturated rings. The number of carbonyl (C=O) groups excluding carboxylic acids is 1. The maximum atomic E-state index is 12.1. The number of nitrogens with zero attached hydrogens (tertiary/aromatic N) is 2. The van der Waals surface area contributed by atoms with E-state index < -0.39 is 11.5 Å². The number of phenolic OH excluding ortho intramolecular Hbond substituents is 1.